The zero-order valence-electron chi connectivity index (χ0n) is 22.2. The second-order valence-electron chi connectivity index (χ2n) is 8.65. The van der Waals surface area contributed by atoms with Crippen molar-refractivity contribution in [1.29, 1.82) is 0 Å². The van der Waals surface area contributed by atoms with E-state index in [1.165, 1.54) is 14.2 Å². The van der Waals surface area contributed by atoms with Gasteiger partial charge in [-0.25, -0.2) is 9.59 Å². The zero-order valence-corrected chi connectivity index (χ0v) is 22.2. The number of carbonyl (C=O) groups is 2. The van der Waals surface area contributed by atoms with Crippen LogP contribution in [0.3, 0.4) is 0 Å². The average Bonchev–Trinajstić information content (AvgIpc) is 2.88. The number of phenolic OH excluding ortho intramolecular Hbond substituents is 1. The van der Waals surface area contributed by atoms with Crippen molar-refractivity contribution in [3.05, 3.63) is 80.9 Å². The van der Waals surface area contributed by atoms with Crippen molar-refractivity contribution in [2.75, 3.05) is 21.0 Å². The first-order valence-corrected chi connectivity index (χ1v) is 11.7. The molecule has 3 rings (SSSR count). The Balaban J connectivity index is 1.95. The van der Waals surface area contributed by atoms with Crippen molar-refractivity contribution < 1.29 is 38.4 Å². The summed E-state index contributed by atoms with van der Waals surface area (Å²) in [5.74, 6) is -0.717. The SMILES string of the molecule is COCOC(=O)c1c(C)c(C)c(OC(=O)c2c(C)cc(OCc3ccccc3)c(C)c2O)c(OC)c1C. The van der Waals surface area contributed by atoms with E-state index in [0.29, 0.717) is 45.7 Å². The fourth-order valence-electron chi connectivity index (χ4n) is 4.11. The van der Waals surface area contributed by atoms with Gasteiger partial charge in [0.1, 0.15) is 23.7 Å². The molecule has 0 saturated carbocycles. The molecule has 0 saturated heterocycles. The molecule has 1 N–H and O–H groups in total. The largest absolute Gasteiger partial charge is 0.507 e. The molecule has 8 heteroatoms. The molecule has 3 aromatic carbocycles. The van der Waals surface area contributed by atoms with Crippen LogP contribution in [-0.4, -0.2) is 38.1 Å². The molecule has 37 heavy (non-hydrogen) atoms. The second-order valence-corrected chi connectivity index (χ2v) is 8.65. The van der Waals surface area contributed by atoms with Crippen molar-refractivity contribution in [1.82, 2.24) is 0 Å². The Morgan fingerprint density at radius 2 is 1.49 bits per heavy atom. The van der Waals surface area contributed by atoms with Gasteiger partial charge in [-0.15, -0.1) is 0 Å². The lowest BCUT2D eigenvalue weighted by atomic mass is 9.96. The normalized spacial score (nSPS) is 10.7. The topological polar surface area (TPSA) is 101 Å². The van der Waals surface area contributed by atoms with Crippen LogP contribution in [0.15, 0.2) is 36.4 Å². The molecule has 3 aromatic rings. The van der Waals surface area contributed by atoms with Gasteiger partial charge < -0.3 is 28.8 Å². The Labute approximate surface area is 216 Å². The average molecular weight is 509 g/mol. The second kappa shape index (κ2) is 11.8. The predicted molar refractivity (Wildman–Crippen MR) is 138 cm³/mol. The third-order valence-corrected chi connectivity index (χ3v) is 6.26. The van der Waals surface area contributed by atoms with Crippen LogP contribution in [0.1, 0.15) is 54.1 Å². The monoisotopic (exact) mass is 508 g/mol. The number of aryl methyl sites for hydroxylation is 1. The summed E-state index contributed by atoms with van der Waals surface area (Å²) < 4.78 is 27.1. The molecule has 0 spiro atoms. The van der Waals surface area contributed by atoms with Crippen LogP contribution in [0.4, 0.5) is 0 Å². The van der Waals surface area contributed by atoms with Crippen molar-refractivity contribution in [3.63, 3.8) is 0 Å². The molecule has 0 aliphatic carbocycles. The van der Waals surface area contributed by atoms with E-state index in [9.17, 15) is 14.7 Å². The van der Waals surface area contributed by atoms with E-state index in [4.69, 9.17) is 23.7 Å². The number of benzene rings is 3. The molecule has 0 atom stereocenters. The third kappa shape index (κ3) is 5.70. The first kappa shape index (κ1) is 27.5. The quantitative estimate of drug-likeness (QED) is 0.230. The van der Waals surface area contributed by atoms with E-state index < -0.39 is 11.9 Å². The van der Waals surface area contributed by atoms with Gasteiger partial charge in [0.25, 0.3) is 0 Å². The fraction of sp³-hybridized carbons (Fsp3) is 0.310. The molecule has 0 aliphatic heterocycles. The Kier molecular flexibility index (Phi) is 8.78. The van der Waals surface area contributed by atoms with Gasteiger partial charge in [-0.1, -0.05) is 30.3 Å². The molecule has 0 unspecified atom stereocenters. The number of ether oxygens (including phenoxy) is 5. The highest BCUT2D eigenvalue weighted by Gasteiger charge is 2.28. The van der Waals surface area contributed by atoms with Crippen LogP contribution in [0.5, 0.6) is 23.0 Å². The van der Waals surface area contributed by atoms with Gasteiger partial charge in [-0.3, -0.25) is 0 Å². The van der Waals surface area contributed by atoms with Crippen LogP contribution in [0, 0.1) is 34.6 Å². The summed E-state index contributed by atoms with van der Waals surface area (Å²) in [5, 5.41) is 10.9. The molecule has 8 nitrogen and oxygen atoms in total. The van der Waals surface area contributed by atoms with Crippen molar-refractivity contribution in [2.45, 2.75) is 41.2 Å². The van der Waals surface area contributed by atoms with Crippen LogP contribution in [0.25, 0.3) is 0 Å². The number of aromatic hydroxyl groups is 1. The van der Waals surface area contributed by atoms with E-state index in [-0.39, 0.29) is 29.6 Å². The van der Waals surface area contributed by atoms with Crippen molar-refractivity contribution in [2.24, 2.45) is 0 Å². The molecule has 0 heterocycles. The van der Waals surface area contributed by atoms with Gasteiger partial charge in [0.05, 0.1) is 12.7 Å². The molecule has 0 radical (unpaired) electrons. The highest BCUT2D eigenvalue weighted by atomic mass is 16.7. The van der Waals surface area contributed by atoms with Crippen LogP contribution >= 0.6 is 0 Å². The third-order valence-electron chi connectivity index (χ3n) is 6.26. The molecular weight excluding hydrogens is 476 g/mol. The molecule has 0 fully saturated rings. The maximum Gasteiger partial charge on any atom is 0.347 e. The lowest BCUT2D eigenvalue weighted by Crippen LogP contribution is -2.17. The van der Waals surface area contributed by atoms with Gasteiger partial charge in [-0.2, -0.15) is 0 Å². The summed E-state index contributed by atoms with van der Waals surface area (Å²) in [6.07, 6.45) is 0. The first-order valence-electron chi connectivity index (χ1n) is 11.7. The molecule has 0 aromatic heterocycles. The van der Waals surface area contributed by atoms with Crippen LogP contribution in [-0.2, 0) is 16.1 Å². The highest BCUT2D eigenvalue weighted by molar-refractivity contribution is 5.98. The standard InChI is InChI=1S/C29H32O8/c1-16-13-22(35-14-21-11-9-8-10-12-21)19(4)25(30)23(16)29(32)37-27-18(3)17(2)24(20(5)26(27)34-7)28(31)36-15-33-6/h8-13,30H,14-15H2,1-7H3. The Bertz CT molecular complexity index is 1310. The van der Waals surface area contributed by atoms with E-state index in [1.807, 2.05) is 30.3 Å². The van der Waals surface area contributed by atoms with E-state index in [0.717, 1.165) is 5.56 Å². The Morgan fingerprint density at radius 1 is 0.811 bits per heavy atom. The summed E-state index contributed by atoms with van der Waals surface area (Å²) in [6.45, 7) is 8.61. The summed E-state index contributed by atoms with van der Waals surface area (Å²) in [4.78, 5) is 25.9. The number of methoxy groups -OCH3 is 2. The van der Waals surface area contributed by atoms with Crippen molar-refractivity contribution >= 4 is 11.9 Å². The molecule has 0 amide bonds. The summed E-state index contributed by atoms with van der Waals surface area (Å²) in [5.41, 5.74) is 3.76. The van der Waals surface area contributed by atoms with Gasteiger partial charge >= 0.3 is 11.9 Å². The number of carbonyl (C=O) groups excluding carboxylic acids is 2. The number of phenols is 1. The highest BCUT2D eigenvalue weighted by Crippen LogP contribution is 2.41. The number of rotatable bonds is 9. The maximum atomic E-state index is 13.3. The van der Waals surface area contributed by atoms with Gasteiger partial charge in [0, 0.05) is 18.2 Å². The predicted octanol–water partition coefficient (Wildman–Crippen LogP) is 5.50. The molecule has 196 valence electrons. The van der Waals surface area contributed by atoms with Gasteiger partial charge in [0.15, 0.2) is 18.3 Å². The van der Waals surface area contributed by atoms with E-state index in [2.05, 4.69) is 0 Å². The van der Waals surface area contributed by atoms with Crippen molar-refractivity contribution in [3.8, 4) is 23.0 Å². The molecule has 0 aliphatic rings. The lowest BCUT2D eigenvalue weighted by Gasteiger charge is -2.21. The minimum Gasteiger partial charge on any atom is -0.507 e. The first-order chi connectivity index (χ1) is 17.6. The summed E-state index contributed by atoms with van der Waals surface area (Å²) in [6, 6.07) is 11.3. The molecule has 0 bridgehead atoms. The maximum absolute atomic E-state index is 13.3. The van der Waals surface area contributed by atoms with Gasteiger partial charge in [0.2, 0.25) is 0 Å². The fourth-order valence-corrected chi connectivity index (χ4v) is 4.11. The van der Waals surface area contributed by atoms with Crippen LogP contribution < -0.4 is 14.2 Å². The van der Waals surface area contributed by atoms with E-state index in [1.54, 1.807) is 40.7 Å². The zero-order chi connectivity index (χ0) is 27.3. The Morgan fingerprint density at radius 3 is 2.11 bits per heavy atom. The number of hydrogen-bond donors (Lipinski definition) is 1. The minimum atomic E-state index is -0.761. The number of hydrogen-bond acceptors (Lipinski definition) is 8. The lowest BCUT2D eigenvalue weighted by molar-refractivity contribution is -0.0126. The minimum absolute atomic E-state index is 0.0184. The summed E-state index contributed by atoms with van der Waals surface area (Å²) in [7, 11) is 2.84. The number of esters is 2. The van der Waals surface area contributed by atoms with E-state index >= 15 is 0 Å². The Hall–Kier alpha value is -4.04. The molecular formula is C29H32O8. The smallest absolute Gasteiger partial charge is 0.347 e. The summed E-state index contributed by atoms with van der Waals surface area (Å²) >= 11 is 0. The van der Waals surface area contributed by atoms with Gasteiger partial charge in [-0.05, 0) is 62.9 Å². The van der Waals surface area contributed by atoms with Crippen LogP contribution in [0.2, 0.25) is 0 Å².